The largest absolute Gasteiger partial charge is 0.493 e. The molecule has 3 rings (SSSR count). The van der Waals surface area contributed by atoms with Gasteiger partial charge in [0.25, 0.3) is 0 Å². The third kappa shape index (κ3) is 3.51. The second-order valence-electron chi connectivity index (χ2n) is 5.27. The second-order valence-corrected chi connectivity index (χ2v) is 6.21. The Kier molecular flexibility index (Phi) is 5.01. The molecular weight excluding hydrogens is 322 g/mol. The smallest absolute Gasteiger partial charge is 0.236 e. The lowest BCUT2D eigenvalue weighted by Crippen LogP contribution is -2.00. The Labute approximate surface area is 145 Å². The van der Waals surface area contributed by atoms with Crippen LogP contribution in [0.5, 0.6) is 11.5 Å². The summed E-state index contributed by atoms with van der Waals surface area (Å²) < 4.78 is 17.0. The Bertz CT molecular complexity index is 821. The van der Waals surface area contributed by atoms with E-state index >= 15 is 0 Å². The van der Waals surface area contributed by atoms with Crippen LogP contribution in [0.2, 0.25) is 0 Å². The third-order valence-electron chi connectivity index (χ3n) is 3.60. The Balaban J connectivity index is 1.75. The number of ether oxygens (including phenoxy) is 2. The molecule has 0 aliphatic heterocycles. The standard InChI is InChI=1S/C19H19NO3S/c1-4-6-14-8-9-16(17(11-14)21-3)22-12-15-13(2)23-19(20-15)18-7-5-10-24-18/h4-5,7-11H,1,6,12H2,2-3H3. The molecule has 0 radical (unpaired) electrons. The first-order chi connectivity index (χ1) is 11.7. The molecule has 0 aliphatic carbocycles. The molecule has 3 aromatic rings. The average molecular weight is 341 g/mol. The van der Waals surface area contributed by atoms with Crippen molar-refractivity contribution in [3.63, 3.8) is 0 Å². The van der Waals surface area contributed by atoms with Gasteiger partial charge in [-0.15, -0.1) is 17.9 Å². The second kappa shape index (κ2) is 7.36. The molecule has 2 heterocycles. The van der Waals surface area contributed by atoms with Gasteiger partial charge in [-0.3, -0.25) is 0 Å². The van der Waals surface area contributed by atoms with E-state index in [4.69, 9.17) is 13.9 Å². The van der Waals surface area contributed by atoms with Gasteiger partial charge in [0, 0.05) is 0 Å². The van der Waals surface area contributed by atoms with Crippen molar-refractivity contribution in [1.82, 2.24) is 4.98 Å². The van der Waals surface area contributed by atoms with Gasteiger partial charge in [-0.25, -0.2) is 4.98 Å². The average Bonchev–Trinajstić information content (AvgIpc) is 3.23. The Hall–Kier alpha value is -2.53. The predicted octanol–water partition coefficient (Wildman–Crippen LogP) is 5.03. The fourth-order valence-corrected chi connectivity index (χ4v) is 2.99. The van der Waals surface area contributed by atoms with E-state index in [1.54, 1.807) is 18.4 Å². The molecule has 5 heteroatoms. The summed E-state index contributed by atoms with van der Waals surface area (Å²) in [7, 11) is 1.64. The first-order valence-corrected chi connectivity index (χ1v) is 8.50. The lowest BCUT2D eigenvalue weighted by molar-refractivity contribution is 0.279. The predicted molar refractivity (Wildman–Crippen MR) is 95.8 cm³/mol. The van der Waals surface area contributed by atoms with Gasteiger partial charge in [-0.1, -0.05) is 18.2 Å². The van der Waals surface area contributed by atoms with Gasteiger partial charge >= 0.3 is 0 Å². The van der Waals surface area contributed by atoms with Crippen molar-refractivity contribution in [3.8, 4) is 22.3 Å². The molecule has 0 spiro atoms. The van der Waals surface area contributed by atoms with Crippen LogP contribution >= 0.6 is 11.3 Å². The van der Waals surface area contributed by atoms with E-state index in [0.29, 0.717) is 24.0 Å². The summed E-state index contributed by atoms with van der Waals surface area (Å²) in [4.78, 5) is 5.54. The monoisotopic (exact) mass is 341 g/mol. The number of nitrogens with zero attached hydrogens (tertiary/aromatic N) is 1. The van der Waals surface area contributed by atoms with Crippen molar-refractivity contribution in [2.24, 2.45) is 0 Å². The number of oxazole rings is 1. The van der Waals surface area contributed by atoms with E-state index in [2.05, 4.69) is 11.6 Å². The summed E-state index contributed by atoms with van der Waals surface area (Å²) in [5, 5.41) is 2.00. The van der Waals surface area contributed by atoms with Crippen LogP contribution in [0, 0.1) is 6.92 Å². The molecule has 0 N–H and O–H groups in total. The van der Waals surface area contributed by atoms with E-state index < -0.39 is 0 Å². The molecule has 4 nitrogen and oxygen atoms in total. The molecule has 124 valence electrons. The lowest BCUT2D eigenvalue weighted by atomic mass is 10.1. The van der Waals surface area contributed by atoms with Crippen molar-refractivity contribution in [3.05, 3.63) is 65.4 Å². The molecule has 24 heavy (non-hydrogen) atoms. The van der Waals surface area contributed by atoms with Crippen LogP contribution in [0.15, 0.2) is 52.8 Å². The first-order valence-electron chi connectivity index (χ1n) is 7.62. The molecule has 0 bridgehead atoms. The fourth-order valence-electron chi connectivity index (χ4n) is 2.34. The maximum atomic E-state index is 5.89. The molecular formula is C19H19NO3S. The van der Waals surface area contributed by atoms with Crippen molar-refractivity contribution in [2.45, 2.75) is 20.0 Å². The Morgan fingerprint density at radius 3 is 2.88 bits per heavy atom. The van der Waals surface area contributed by atoms with Crippen molar-refractivity contribution >= 4 is 11.3 Å². The van der Waals surface area contributed by atoms with Crippen LogP contribution in [0.3, 0.4) is 0 Å². The van der Waals surface area contributed by atoms with Gasteiger partial charge < -0.3 is 13.9 Å². The number of hydrogen-bond acceptors (Lipinski definition) is 5. The Morgan fingerprint density at radius 2 is 2.17 bits per heavy atom. The van der Waals surface area contributed by atoms with Gasteiger partial charge in [0.2, 0.25) is 5.89 Å². The van der Waals surface area contributed by atoms with Gasteiger partial charge in [0.1, 0.15) is 18.1 Å². The normalized spacial score (nSPS) is 10.6. The summed E-state index contributed by atoms with van der Waals surface area (Å²) in [6, 6.07) is 9.84. The van der Waals surface area contributed by atoms with Crippen LogP contribution in [0.25, 0.3) is 10.8 Å². The van der Waals surface area contributed by atoms with E-state index in [-0.39, 0.29) is 0 Å². The molecule has 0 fully saturated rings. The molecule has 0 saturated carbocycles. The van der Waals surface area contributed by atoms with Crippen LogP contribution in [0.4, 0.5) is 0 Å². The minimum atomic E-state index is 0.331. The third-order valence-corrected chi connectivity index (χ3v) is 4.45. The zero-order chi connectivity index (χ0) is 16.9. The maximum Gasteiger partial charge on any atom is 0.236 e. The molecule has 0 atom stereocenters. The van der Waals surface area contributed by atoms with Crippen LogP contribution in [-0.4, -0.2) is 12.1 Å². The summed E-state index contributed by atoms with van der Waals surface area (Å²) in [5.74, 6) is 2.79. The van der Waals surface area contributed by atoms with Crippen molar-refractivity contribution in [2.75, 3.05) is 7.11 Å². The van der Waals surface area contributed by atoms with Gasteiger partial charge in [0.05, 0.1) is 12.0 Å². The summed E-state index contributed by atoms with van der Waals surface area (Å²) in [6.45, 7) is 5.98. The summed E-state index contributed by atoms with van der Waals surface area (Å²) in [6.07, 6.45) is 2.66. The summed E-state index contributed by atoms with van der Waals surface area (Å²) in [5.41, 5.74) is 1.92. The van der Waals surface area contributed by atoms with Crippen molar-refractivity contribution < 1.29 is 13.9 Å². The topological polar surface area (TPSA) is 44.5 Å². The highest BCUT2D eigenvalue weighted by Crippen LogP contribution is 2.30. The minimum Gasteiger partial charge on any atom is -0.493 e. The highest BCUT2D eigenvalue weighted by atomic mass is 32.1. The highest BCUT2D eigenvalue weighted by Gasteiger charge is 2.14. The first kappa shape index (κ1) is 16.3. The van der Waals surface area contributed by atoms with E-state index in [1.807, 2.05) is 48.7 Å². The van der Waals surface area contributed by atoms with Crippen LogP contribution in [0.1, 0.15) is 17.0 Å². The summed E-state index contributed by atoms with van der Waals surface area (Å²) >= 11 is 1.60. The van der Waals surface area contributed by atoms with Gasteiger partial charge in [-0.2, -0.15) is 0 Å². The molecule has 0 unspecified atom stereocenters. The minimum absolute atomic E-state index is 0.331. The van der Waals surface area contributed by atoms with Gasteiger partial charge in [0.15, 0.2) is 11.5 Å². The van der Waals surface area contributed by atoms with E-state index in [1.165, 1.54) is 0 Å². The fraction of sp³-hybridized carbons (Fsp3) is 0.211. The molecule has 0 saturated heterocycles. The lowest BCUT2D eigenvalue weighted by Gasteiger charge is -2.11. The highest BCUT2D eigenvalue weighted by molar-refractivity contribution is 7.13. The number of benzene rings is 1. The molecule has 2 aromatic heterocycles. The maximum absolute atomic E-state index is 5.89. The number of thiophene rings is 1. The molecule has 0 aliphatic rings. The van der Waals surface area contributed by atoms with E-state index in [9.17, 15) is 0 Å². The van der Waals surface area contributed by atoms with Gasteiger partial charge in [-0.05, 0) is 42.5 Å². The number of methoxy groups -OCH3 is 1. The zero-order valence-electron chi connectivity index (χ0n) is 13.7. The number of rotatable bonds is 7. The quantitative estimate of drug-likeness (QED) is 0.566. The SMILES string of the molecule is C=CCc1ccc(OCc2nc(-c3cccs3)oc2C)c(OC)c1. The van der Waals surface area contributed by atoms with E-state index in [0.717, 1.165) is 28.3 Å². The number of allylic oxidation sites excluding steroid dienone is 1. The number of aromatic nitrogens is 1. The molecule has 0 amide bonds. The van der Waals surface area contributed by atoms with Crippen molar-refractivity contribution in [1.29, 1.82) is 0 Å². The zero-order valence-corrected chi connectivity index (χ0v) is 14.6. The Morgan fingerprint density at radius 1 is 1.29 bits per heavy atom. The van der Waals surface area contributed by atoms with Crippen LogP contribution < -0.4 is 9.47 Å². The molecule has 1 aromatic carbocycles. The number of aryl methyl sites for hydroxylation is 1. The number of hydrogen-bond donors (Lipinski definition) is 0. The van der Waals surface area contributed by atoms with Crippen LogP contribution in [-0.2, 0) is 13.0 Å².